The van der Waals surface area contributed by atoms with Gasteiger partial charge < -0.3 is 97.2 Å². The second kappa shape index (κ2) is 52.8. The van der Waals surface area contributed by atoms with Crippen molar-refractivity contribution >= 4 is 81.9 Å². The van der Waals surface area contributed by atoms with Gasteiger partial charge in [-0.1, -0.05) is 10.4 Å². The number of rotatable bonds is 20. The monoisotopic (exact) mass is 2480 g/mol. The number of benzene rings is 6. The number of aliphatic hydroxyl groups excluding tert-OH is 4. The van der Waals surface area contributed by atoms with Gasteiger partial charge in [0.25, 0.3) is 0 Å². The molecule has 12 radical (unpaired) electrons. The van der Waals surface area contributed by atoms with Crippen LogP contribution in [0.2, 0.25) is 0 Å². The van der Waals surface area contributed by atoms with Crippen LogP contribution in [-0.2, 0) is 144 Å². The molecule has 10 saturated heterocycles. The van der Waals surface area contributed by atoms with Gasteiger partial charge >= 0.3 is 58.0 Å². The molecule has 150 heavy (non-hydrogen) atoms. The summed E-state index contributed by atoms with van der Waals surface area (Å²) in [5.74, 6) is -12.3. The molecule has 0 aromatic heterocycles. The fraction of sp³-hybridized carbons (Fsp3) is 0.543. The number of amides is 6. The van der Waals surface area contributed by atoms with Gasteiger partial charge in [0.15, 0.2) is 34.8 Å². The number of halogens is 12. The molecular weight excluding hydrogens is 2370 g/mol. The topological polar surface area (TPSA) is 504 Å². The summed E-state index contributed by atoms with van der Waals surface area (Å²) in [6.45, 7) is 21.2. The van der Waals surface area contributed by atoms with Gasteiger partial charge in [0.2, 0.25) is 47.1 Å². The average Bonchev–Trinajstić information content (AvgIpc) is 1.62. The number of aliphatic hydroxyl groups is 4. The first kappa shape index (κ1) is 127. The zero-order valence-corrected chi connectivity index (χ0v) is 88.0. The van der Waals surface area contributed by atoms with Crippen LogP contribution in [0.1, 0.15) is 116 Å². The molecule has 16 rings (SSSR count). The summed E-state index contributed by atoms with van der Waals surface area (Å²) in [6.07, 6.45) is -5.34. The van der Waals surface area contributed by atoms with E-state index in [0.29, 0.717) is 48.7 Å². The predicted molar refractivity (Wildman–Crippen MR) is 489 cm³/mol. The van der Waals surface area contributed by atoms with Gasteiger partial charge in [-0.2, -0.15) is 9.81 Å². The van der Waals surface area contributed by atoms with Crippen molar-refractivity contribution in [2.24, 2.45) is 10.4 Å². The molecule has 18 atom stereocenters. The van der Waals surface area contributed by atoms with Gasteiger partial charge in [-0.15, -0.1) is 0 Å². The van der Waals surface area contributed by atoms with E-state index in [0.717, 1.165) is 60.7 Å². The van der Waals surface area contributed by atoms with Crippen molar-refractivity contribution in [3.8, 4) is 0 Å². The van der Waals surface area contributed by atoms with Crippen LogP contribution < -0.4 is 0 Å². The summed E-state index contributed by atoms with van der Waals surface area (Å²) in [6, 6.07) is 16.0. The Kier molecular flexibility index (Phi) is 44.6. The quantitative estimate of drug-likeness (QED) is 0.0239. The molecule has 6 aromatic rings. The second-order valence-corrected chi connectivity index (χ2v) is 42.9. The van der Waals surface area contributed by atoms with Crippen molar-refractivity contribution in [3.05, 3.63) is 222 Å². The fourth-order valence-electron chi connectivity index (χ4n) is 18.9. The average molecular weight is 2480 g/mol. The summed E-state index contributed by atoms with van der Waals surface area (Å²) < 4.78 is 286. The number of ether oxygens (including phenoxy) is 10. The summed E-state index contributed by atoms with van der Waals surface area (Å²) in [5, 5.41) is 42.7. The maximum absolute atomic E-state index is 13.4. The first-order chi connectivity index (χ1) is 69.2. The van der Waals surface area contributed by atoms with E-state index in [2.05, 4.69) is 10.4 Å². The molecule has 0 aliphatic carbocycles. The number of hydrogen-bond donors (Lipinski definition) is 4. The SMILES string of the molecule is CN=O.CN=O.[B]C(=O)N1[C@@H](Cc2cc(F)cc(F)c2)[C@@H](C(O)CO)OC1(C)C.[B]C(=O)N1[C@@H](Cc2cc(F)cc(F)c2)[C@@H]([C@@H]2CO2)OC1(C)C.[B]C(=O)N1[C@@H](Cc2cc(F)cc(F)c2)[C@@H]([C@H]2CO2)OC1(C)C.[B]C(=O)N1[C@@H](Cc2cc(F)cc(F)c2)[C@H](C(O)CO)OC1(C)C.[B]C(=O)N1[C@@H](Cc2cc(F)cc(F)c2)[C@H]([C@@H]2CO2)OC1(C)C.[B]C(=O)N1[C@@H](Cc2cc(F)cc(F)c2)[C@H]([C@H]2CO2)OC1(C)C.[O]=[Os](=[O])(=[O])=[O].[O]=[Os](=[O])(=[O])=[O]. The molecule has 2 unspecified atom stereocenters. The number of nitrogens with zero attached hydrogens (tertiary/aromatic N) is 8. The van der Waals surface area contributed by atoms with Crippen LogP contribution in [0.25, 0.3) is 0 Å². The molecule has 0 spiro atoms. The third kappa shape index (κ3) is 37.2. The van der Waals surface area contributed by atoms with Gasteiger partial charge in [0, 0.05) is 36.4 Å². The zero-order chi connectivity index (χ0) is 113. The van der Waals surface area contributed by atoms with Gasteiger partial charge in [-0.3, -0.25) is 28.8 Å². The van der Waals surface area contributed by atoms with E-state index in [-0.39, 0.29) is 98.5 Å². The van der Waals surface area contributed by atoms with Crippen LogP contribution in [0.4, 0.5) is 81.5 Å². The molecule has 6 amide bonds. The third-order valence-electron chi connectivity index (χ3n) is 24.0. The molecule has 6 aromatic carbocycles. The Labute approximate surface area is 865 Å². The molecule has 0 bridgehead atoms. The third-order valence-corrected chi connectivity index (χ3v) is 24.0. The van der Waals surface area contributed by atoms with Crippen LogP contribution in [0.15, 0.2) is 120 Å². The molecule has 58 heteroatoms. The molecule has 10 aliphatic heterocycles. The molecule has 10 heterocycles. The summed E-state index contributed by atoms with van der Waals surface area (Å²) in [7, 11) is 35.1. The van der Waals surface area contributed by atoms with Crippen molar-refractivity contribution < 1.29 is 207 Å². The Morgan fingerprint density at radius 2 is 0.413 bits per heavy atom. The first-order valence-electron chi connectivity index (χ1n) is 45.2. The van der Waals surface area contributed by atoms with Crippen LogP contribution in [-0.4, -0.2) is 329 Å². The first-order valence-corrected chi connectivity index (χ1v) is 53.5. The van der Waals surface area contributed by atoms with E-state index in [1.165, 1.54) is 92.0 Å². The molecule has 812 valence electrons. The normalized spacial score (nSPS) is 25.9. The molecule has 0 saturated carbocycles. The minimum atomic E-state index is -6.06. The van der Waals surface area contributed by atoms with Gasteiger partial charge in [-0.25, -0.2) is 52.7 Å². The standard InChI is InChI=1S/2C15H18BF2NO4.4C15H16BF2NO3.2CH3NO.8O.2Os/c2*1-15(2)19(14(16)22)11(13(23-15)12(21)7-20)5-8-3-9(17)6-10(18)4-8;4*1-15(2)19(14(16)20)11(13(22-15)12-7-21-12)5-8-3-9(17)6-10(18)4-8;2*1-2-3;;;;;;;;;;/h2*3-4,6,11-13,20-21H,5,7H2,1-2H3;4*3-4,6,11-13H,5,7H2,1-2H3;2*1H3;;;;;;;;;;/t11-,12?,13+;11-,12?,13-;11-,12+,13+;11-,12+,13-;11-,12-,13+;11-,12-,13-;;;;;;;;;;;;/m000000............/s1. The van der Waals surface area contributed by atoms with E-state index < -0.39 is 243 Å². The molecule has 10 fully saturated rings. The minimum absolute atomic E-state index is 0.0166. The van der Waals surface area contributed by atoms with Gasteiger partial charge in [0.1, 0.15) is 177 Å². The van der Waals surface area contributed by atoms with E-state index in [1.54, 1.807) is 83.1 Å². The van der Waals surface area contributed by atoms with Crippen molar-refractivity contribution in [2.45, 2.75) is 265 Å². The number of carbonyl (C=O) groups is 6. The van der Waals surface area contributed by atoms with Gasteiger partial charge in [-0.05, 0) is 228 Å². The molecular formula is C92H106B6F12N8O30Os2. The van der Waals surface area contributed by atoms with Crippen molar-refractivity contribution in [1.29, 1.82) is 0 Å². The van der Waals surface area contributed by atoms with Crippen molar-refractivity contribution in [2.75, 3.05) is 53.7 Å². The summed E-state index contributed by atoms with van der Waals surface area (Å²) in [4.78, 5) is 96.0. The molecule has 38 nitrogen and oxygen atoms in total. The second-order valence-electron chi connectivity index (χ2n) is 37.8. The molecule has 4 N–H and O–H groups in total. The van der Waals surface area contributed by atoms with E-state index in [1.807, 2.05) is 0 Å². The van der Waals surface area contributed by atoms with E-state index in [4.69, 9.17) is 133 Å². The summed E-state index contributed by atoms with van der Waals surface area (Å²) >= 11 is -12.1. The Morgan fingerprint density at radius 1 is 0.293 bits per heavy atom. The zero-order valence-electron chi connectivity index (χ0n) is 83.0. The van der Waals surface area contributed by atoms with Crippen molar-refractivity contribution in [3.63, 3.8) is 0 Å². The number of carbonyl (C=O) groups excluding carboxylic acids is 6. The maximum atomic E-state index is 13.4. The van der Waals surface area contributed by atoms with Crippen LogP contribution >= 0.6 is 0 Å². The van der Waals surface area contributed by atoms with Crippen LogP contribution in [0, 0.1) is 79.6 Å². The van der Waals surface area contributed by atoms with E-state index in [9.17, 15) is 102 Å². The Balaban J connectivity index is 0.000000236. The van der Waals surface area contributed by atoms with Crippen LogP contribution in [0.5, 0.6) is 0 Å². The Bertz CT molecular complexity index is 5580. The van der Waals surface area contributed by atoms with E-state index >= 15 is 0 Å². The Hall–Kier alpha value is -10.00. The van der Waals surface area contributed by atoms with Crippen LogP contribution in [0.3, 0.4) is 0 Å². The number of hydrogen-bond acceptors (Lipinski definition) is 32. The van der Waals surface area contributed by atoms with Crippen molar-refractivity contribution in [1.82, 2.24) is 29.4 Å². The Morgan fingerprint density at radius 3 is 0.533 bits per heavy atom. The number of epoxide rings is 4. The fourth-order valence-corrected chi connectivity index (χ4v) is 18.9. The summed E-state index contributed by atoms with van der Waals surface area (Å²) in [5.41, 5.74) is -3.45. The van der Waals surface area contributed by atoms with Gasteiger partial charge in [0.05, 0.1) is 90.0 Å². The number of nitroso groups, excluding NO2 is 2. The predicted octanol–water partition coefficient (Wildman–Crippen LogP) is 9.72. The molecule has 10 aliphatic rings.